The van der Waals surface area contributed by atoms with E-state index in [0.29, 0.717) is 6.04 Å². The van der Waals surface area contributed by atoms with Crippen molar-refractivity contribution in [3.05, 3.63) is 36.5 Å². The molecule has 0 saturated carbocycles. The Hall–Kier alpha value is -0.860. The first-order chi connectivity index (χ1) is 9.78. The van der Waals surface area contributed by atoms with Crippen LogP contribution in [0.2, 0.25) is 0 Å². The zero-order valence-electron chi connectivity index (χ0n) is 13.8. The van der Waals surface area contributed by atoms with Crippen LogP contribution in [0.4, 0.5) is 0 Å². The average molecular weight is 278 g/mol. The summed E-state index contributed by atoms with van der Waals surface area (Å²) in [5.74, 6) is 0. The summed E-state index contributed by atoms with van der Waals surface area (Å²) in [6.07, 6.45) is 14.2. The summed E-state index contributed by atoms with van der Waals surface area (Å²) in [6.45, 7) is 13.7. The van der Waals surface area contributed by atoms with E-state index in [9.17, 15) is 0 Å². The van der Waals surface area contributed by atoms with E-state index >= 15 is 0 Å². The van der Waals surface area contributed by atoms with Crippen LogP contribution in [-0.4, -0.2) is 25.7 Å². The fraction of sp³-hybridized carbons (Fsp3) is 0.667. The molecule has 0 aliphatic rings. The third-order valence-electron chi connectivity index (χ3n) is 3.51. The van der Waals surface area contributed by atoms with Gasteiger partial charge in [-0.05, 0) is 57.3 Å². The van der Waals surface area contributed by atoms with Gasteiger partial charge in [0, 0.05) is 6.04 Å². The van der Waals surface area contributed by atoms with E-state index in [4.69, 9.17) is 0 Å². The Bertz CT molecular complexity index is 275. The van der Waals surface area contributed by atoms with Crippen LogP contribution in [-0.2, 0) is 0 Å². The summed E-state index contributed by atoms with van der Waals surface area (Å²) in [5, 5.41) is 7.07. The standard InChI is InChI=1S/C18H34N2/c1-5-12-17(6-2)13-9-10-14-19-15-11-16-20-18(7-3)8-4/h5,9,12-13,18-20H,1,6-8,10-11,14-16H2,2-4H3/b13-9-,17-12-. The van der Waals surface area contributed by atoms with E-state index in [0.717, 1.165) is 32.5 Å². The Morgan fingerprint density at radius 3 is 2.45 bits per heavy atom. The molecule has 0 unspecified atom stereocenters. The molecule has 0 aliphatic heterocycles. The van der Waals surface area contributed by atoms with Gasteiger partial charge in [-0.25, -0.2) is 0 Å². The van der Waals surface area contributed by atoms with E-state index in [2.05, 4.69) is 56.2 Å². The molecule has 0 amide bonds. The molecule has 0 aromatic heterocycles. The number of hydrogen-bond acceptors (Lipinski definition) is 2. The minimum absolute atomic E-state index is 0.696. The highest BCUT2D eigenvalue weighted by molar-refractivity contribution is 5.22. The summed E-state index contributed by atoms with van der Waals surface area (Å²) in [4.78, 5) is 0. The Labute approximate surface area is 126 Å². The zero-order valence-corrected chi connectivity index (χ0v) is 13.8. The maximum Gasteiger partial charge on any atom is 0.00618 e. The average Bonchev–Trinajstić information content (AvgIpc) is 2.48. The summed E-state index contributed by atoms with van der Waals surface area (Å²) in [6, 6.07) is 0.696. The predicted molar refractivity (Wildman–Crippen MR) is 92.2 cm³/mol. The third-order valence-corrected chi connectivity index (χ3v) is 3.51. The van der Waals surface area contributed by atoms with Gasteiger partial charge in [0.2, 0.25) is 0 Å². The van der Waals surface area contributed by atoms with Crippen LogP contribution in [0.25, 0.3) is 0 Å². The lowest BCUT2D eigenvalue weighted by Gasteiger charge is -2.14. The van der Waals surface area contributed by atoms with Crippen molar-refractivity contribution >= 4 is 0 Å². The molecule has 0 heterocycles. The van der Waals surface area contributed by atoms with E-state index in [1.807, 2.05) is 6.08 Å². The molecule has 116 valence electrons. The normalized spacial score (nSPS) is 12.5. The molecule has 0 spiro atoms. The highest BCUT2D eigenvalue weighted by Crippen LogP contribution is 2.03. The van der Waals surface area contributed by atoms with Crippen molar-refractivity contribution in [1.29, 1.82) is 0 Å². The molecule has 0 atom stereocenters. The van der Waals surface area contributed by atoms with Crippen LogP contribution in [0.1, 0.15) is 52.9 Å². The fourth-order valence-corrected chi connectivity index (χ4v) is 2.08. The Balaban J connectivity index is 3.47. The topological polar surface area (TPSA) is 24.1 Å². The molecule has 0 fully saturated rings. The molecule has 0 radical (unpaired) electrons. The van der Waals surface area contributed by atoms with Crippen molar-refractivity contribution in [2.24, 2.45) is 0 Å². The van der Waals surface area contributed by atoms with E-state index in [-0.39, 0.29) is 0 Å². The van der Waals surface area contributed by atoms with E-state index in [1.165, 1.54) is 24.8 Å². The molecule has 0 rings (SSSR count). The van der Waals surface area contributed by atoms with Gasteiger partial charge in [-0.15, -0.1) is 0 Å². The molecular weight excluding hydrogens is 244 g/mol. The molecule has 0 aromatic carbocycles. The first-order valence-corrected chi connectivity index (χ1v) is 8.20. The summed E-state index contributed by atoms with van der Waals surface area (Å²) in [7, 11) is 0. The number of rotatable bonds is 13. The first-order valence-electron chi connectivity index (χ1n) is 8.20. The zero-order chi connectivity index (χ0) is 15.1. The highest BCUT2D eigenvalue weighted by atomic mass is 14.9. The molecule has 2 N–H and O–H groups in total. The van der Waals surface area contributed by atoms with Gasteiger partial charge in [0.05, 0.1) is 0 Å². The number of hydrogen-bond donors (Lipinski definition) is 2. The van der Waals surface area contributed by atoms with Gasteiger partial charge in [0.25, 0.3) is 0 Å². The molecule has 0 aromatic rings. The van der Waals surface area contributed by atoms with Crippen molar-refractivity contribution < 1.29 is 0 Å². The molecule has 2 heteroatoms. The van der Waals surface area contributed by atoms with Crippen LogP contribution in [0.5, 0.6) is 0 Å². The van der Waals surface area contributed by atoms with Gasteiger partial charge >= 0.3 is 0 Å². The van der Waals surface area contributed by atoms with Crippen LogP contribution < -0.4 is 10.6 Å². The van der Waals surface area contributed by atoms with Gasteiger partial charge in [-0.3, -0.25) is 0 Å². The number of nitrogens with one attached hydrogen (secondary N) is 2. The molecule has 20 heavy (non-hydrogen) atoms. The molecule has 0 aliphatic carbocycles. The third kappa shape index (κ3) is 11.0. The Kier molecular flexibility index (Phi) is 13.9. The van der Waals surface area contributed by atoms with Gasteiger partial charge in [0.1, 0.15) is 0 Å². The van der Waals surface area contributed by atoms with Gasteiger partial charge in [-0.2, -0.15) is 0 Å². The van der Waals surface area contributed by atoms with Crippen molar-refractivity contribution in [2.45, 2.75) is 58.9 Å². The second kappa shape index (κ2) is 14.5. The fourth-order valence-electron chi connectivity index (χ4n) is 2.08. The molecule has 0 bridgehead atoms. The van der Waals surface area contributed by atoms with Crippen molar-refractivity contribution in [1.82, 2.24) is 10.6 Å². The first kappa shape index (κ1) is 19.1. The summed E-state index contributed by atoms with van der Waals surface area (Å²) < 4.78 is 0. The van der Waals surface area contributed by atoms with E-state index in [1.54, 1.807) is 0 Å². The molecule has 0 saturated heterocycles. The molecular formula is C18H34N2. The van der Waals surface area contributed by atoms with Gasteiger partial charge in [0.15, 0.2) is 0 Å². The number of allylic oxidation sites excluding steroid dienone is 4. The predicted octanol–water partition coefficient (Wildman–Crippen LogP) is 4.21. The monoisotopic (exact) mass is 278 g/mol. The second-order valence-corrected chi connectivity index (χ2v) is 5.09. The van der Waals surface area contributed by atoms with Crippen molar-refractivity contribution in [2.75, 3.05) is 19.6 Å². The quantitative estimate of drug-likeness (QED) is 0.389. The largest absolute Gasteiger partial charge is 0.316 e. The van der Waals surface area contributed by atoms with Crippen molar-refractivity contribution in [3.8, 4) is 0 Å². The van der Waals surface area contributed by atoms with E-state index < -0.39 is 0 Å². The summed E-state index contributed by atoms with van der Waals surface area (Å²) in [5.41, 5.74) is 1.34. The second-order valence-electron chi connectivity index (χ2n) is 5.09. The SMILES string of the molecule is C=C/C=C(\C=C/CCNCCCNC(CC)CC)CC. The van der Waals surface area contributed by atoms with Gasteiger partial charge < -0.3 is 10.6 Å². The maximum absolute atomic E-state index is 3.73. The van der Waals surface area contributed by atoms with Crippen LogP contribution in [0.15, 0.2) is 36.5 Å². The lowest BCUT2D eigenvalue weighted by atomic mass is 10.1. The lowest BCUT2D eigenvalue weighted by Crippen LogP contribution is -2.30. The Morgan fingerprint density at radius 1 is 1.10 bits per heavy atom. The highest BCUT2D eigenvalue weighted by Gasteiger charge is 1.99. The van der Waals surface area contributed by atoms with Crippen LogP contribution in [0.3, 0.4) is 0 Å². The minimum atomic E-state index is 0.696. The molecule has 2 nitrogen and oxygen atoms in total. The van der Waals surface area contributed by atoms with Crippen LogP contribution >= 0.6 is 0 Å². The smallest absolute Gasteiger partial charge is 0.00618 e. The maximum atomic E-state index is 3.73. The van der Waals surface area contributed by atoms with Crippen LogP contribution in [0, 0.1) is 0 Å². The Morgan fingerprint density at radius 2 is 1.85 bits per heavy atom. The lowest BCUT2D eigenvalue weighted by molar-refractivity contribution is 0.473. The summed E-state index contributed by atoms with van der Waals surface area (Å²) >= 11 is 0. The van der Waals surface area contributed by atoms with Gasteiger partial charge in [-0.1, -0.05) is 51.7 Å². The van der Waals surface area contributed by atoms with Crippen molar-refractivity contribution in [3.63, 3.8) is 0 Å². The minimum Gasteiger partial charge on any atom is -0.316 e.